The minimum atomic E-state index is -1.07. The molecule has 2 aromatic rings. The third-order valence-corrected chi connectivity index (χ3v) is 4.22. The highest BCUT2D eigenvalue weighted by Gasteiger charge is 2.45. The molecule has 1 aliphatic carbocycles. The second-order valence-corrected chi connectivity index (χ2v) is 6.16. The monoisotopic (exact) mass is 361 g/mol. The molecule has 0 heterocycles. The highest BCUT2D eigenvalue weighted by molar-refractivity contribution is 5.82. The minimum absolute atomic E-state index is 0.199. The van der Waals surface area contributed by atoms with Crippen LogP contribution in [0.1, 0.15) is 23.5 Å². The van der Waals surface area contributed by atoms with Gasteiger partial charge in [-0.15, -0.1) is 0 Å². The highest BCUT2D eigenvalue weighted by Crippen LogP contribution is 2.48. The number of ether oxygens (including phenoxy) is 1. The van der Waals surface area contributed by atoms with Crippen molar-refractivity contribution in [2.45, 2.75) is 18.9 Å². The molecule has 1 saturated carbocycles. The molecule has 7 heteroatoms. The number of carbonyl (C=O) groups is 2. The van der Waals surface area contributed by atoms with Crippen LogP contribution in [-0.4, -0.2) is 23.6 Å². The topological polar surface area (TPSA) is 75.6 Å². The lowest BCUT2D eigenvalue weighted by Crippen LogP contribution is -2.25. The van der Waals surface area contributed by atoms with Crippen LogP contribution in [0.15, 0.2) is 42.5 Å². The number of carboxylic acid groups (broad SMARTS) is 1. The molecular formula is C19H17F2NO4. The Morgan fingerprint density at radius 1 is 1.19 bits per heavy atom. The first-order valence-corrected chi connectivity index (χ1v) is 8.10. The van der Waals surface area contributed by atoms with Crippen molar-refractivity contribution in [3.8, 4) is 5.75 Å². The molecule has 1 fully saturated rings. The fourth-order valence-electron chi connectivity index (χ4n) is 2.84. The molecule has 136 valence electrons. The molecule has 1 amide bonds. The molecule has 5 nitrogen and oxygen atoms in total. The Morgan fingerprint density at radius 3 is 2.73 bits per heavy atom. The summed E-state index contributed by atoms with van der Waals surface area (Å²) in [6, 6.07) is 10.1. The second-order valence-electron chi connectivity index (χ2n) is 6.16. The Bertz CT molecular complexity index is 840. The number of halogens is 2. The van der Waals surface area contributed by atoms with Crippen LogP contribution < -0.4 is 10.1 Å². The first-order valence-electron chi connectivity index (χ1n) is 8.10. The Kier molecular flexibility index (Phi) is 5.16. The van der Waals surface area contributed by atoms with Crippen molar-refractivity contribution in [2.75, 3.05) is 6.61 Å². The van der Waals surface area contributed by atoms with Crippen LogP contribution >= 0.6 is 0 Å². The van der Waals surface area contributed by atoms with Gasteiger partial charge in [-0.1, -0.05) is 18.2 Å². The molecule has 0 unspecified atom stereocenters. The largest absolute Gasteiger partial charge is 0.482 e. The number of hydrogen-bond donors (Lipinski definition) is 2. The van der Waals surface area contributed by atoms with Crippen molar-refractivity contribution in [3.63, 3.8) is 0 Å². The van der Waals surface area contributed by atoms with Gasteiger partial charge in [-0.25, -0.2) is 13.6 Å². The van der Waals surface area contributed by atoms with E-state index >= 15 is 0 Å². The first kappa shape index (κ1) is 17.8. The molecule has 2 aromatic carbocycles. The maximum absolute atomic E-state index is 13.8. The minimum Gasteiger partial charge on any atom is -0.482 e. The van der Waals surface area contributed by atoms with Gasteiger partial charge in [0.2, 0.25) is 5.91 Å². The van der Waals surface area contributed by atoms with Crippen molar-refractivity contribution < 1.29 is 28.2 Å². The van der Waals surface area contributed by atoms with Gasteiger partial charge in [0.05, 0.1) is 0 Å². The average molecular weight is 361 g/mol. The van der Waals surface area contributed by atoms with Gasteiger partial charge in [-0.2, -0.15) is 0 Å². The van der Waals surface area contributed by atoms with Crippen LogP contribution in [-0.2, 0) is 16.1 Å². The van der Waals surface area contributed by atoms with E-state index in [-0.39, 0.29) is 24.3 Å². The summed E-state index contributed by atoms with van der Waals surface area (Å²) >= 11 is 0. The molecule has 3 rings (SSSR count). The molecule has 2 atom stereocenters. The summed E-state index contributed by atoms with van der Waals surface area (Å²) in [6.45, 7) is -0.193. The van der Waals surface area contributed by atoms with Gasteiger partial charge in [0, 0.05) is 18.5 Å². The number of nitrogens with one attached hydrogen (secondary N) is 1. The maximum atomic E-state index is 13.8. The zero-order chi connectivity index (χ0) is 18.7. The van der Waals surface area contributed by atoms with E-state index in [9.17, 15) is 18.4 Å². The number of carbonyl (C=O) groups excluding carboxylic acids is 1. The third-order valence-electron chi connectivity index (χ3n) is 4.22. The van der Waals surface area contributed by atoms with Crippen molar-refractivity contribution in [1.82, 2.24) is 5.32 Å². The number of aliphatic carboxylic acids is 1. The van der Waals surface area contributed by atoms with E-state index in [1.54, 1.807) is 24.3 Å². The number of rotatable bonds is 7. The molecule has 2 N–H and O–H groups in total. The molecule has 0 aliphatic heterocycles. The zero-order valence-corrected chi connectivity index (χ0v) is 13.7. The number of hydrogen-bond acceptors (Lipinski definition) is 3. The Balaban J connectivity index is 1.53. The summed E-state index contributed by atoms with van der Waals surface area (Å²) in [6.07, 6.45) is 0.524. The Morgan fingerprint density at radius 2 is 2.00 bits per heavy atom. The van der Waals surface area contributed by atoms with Gasteiger partial charge in [0.15, 0.2) is 6.61 Å². The third kappa shape index (κ3) is 4.36. The lowest BCUT2D eigenvalue weighted by atomic mass is 10.1. The van der Waals surface area contributed by atoms with Crippen LogP contribution in [0, 0.1) is 17.6 Å². The number of benzene rings is 2. The number of carboxylic acids is 1. The maximum Gasteiger partial charge on any atom is 0.341 e. The molecule has 0 saturated heterocycles. The van der Waals surface area contributed by atoms with Gasteiger partial charge in [0.1, 0.15) is 17.4 Å². The quantitative estimate of drug-likeness (QED) is 0.795. The van der Waals surface area contributed by atoms with Gasteiger partial charge in [0.25, 0.3) is 0 Å². The molecule has 0 bridgehead atoms. The van der Waals surface area contributed by atoms with Gasteiger partial charge < -0.3 is 15.2 Å². The van der Waals surface area contributed by atoms with E-state index in [1.165, 1.54) is 12.1 Å². The van der Waals surface area contributed by atoms with E-state index in [1.807, 2.05) is 0 Å². The predicted molar refractivity (Wildman–Crippen MR) is 88.6 cm³/mol. The molecular weight excluding hydrogens is 344 g/mol. The fourth-order valence-corrected chi connectivity index (χ4v) is 2.84. The van der Waals surface area contributed by atoms with E-state index < -0.39 is 24.2 Å². The van der Waals surface area contributed by atoms with Gasteiger partial charge in [-0.3, -0.25) is 4.79 Å². The molecule has 0 aromatic heterocycles. The van der Waals surface area contributed by atoms with E-state index in [0.29, 0.717) is 17.7 Å². The van der Waals surface area contributed by atoms with Crippen LogP contribution in [0.25, 0.3) is 0 Å². The highest BCUT2D eigenvalue weighted by atomic mass is 19.1. The Labute approximate surface area is 148 Å². The van der Waals surface area contributed by atoms with Crippen molar-refractivity contribution in [1.29, 1.82) is 0 Å². The van der Waals surface area contributed by atoms with E-state index in [2.05, 4.69) is 5.32 Å². The number of amides is 1. The standard InChI is InChI=1S/C19H17F2NO4/c20-12-4-5-14(17(21)7-12)15-8-16(15)19(25)22-9-11-2-1-3-13(6-11)26-10-18(23)24/h1-7,15-16H,8-10H2,(H,22,25)(H,23,24)/t15-,16+/m1/s1. The summed E-state index contributed by atoms with van der Waals surface area (Å²) in [5, 5.41) is 11.4. The van der Waals surface area contributed by atoms with Crippen LogP contribution in [0.2, 0.25) is 0 Å². The summed E-state index contributed by atoms with van der Waals surface area (Å²) in [4.78, 5) is 22.7. The van der Waals surface area contributed by atoms with Gasteiger partial charge in [-0.05, 0) is 41.7 Å². The lowest BCUT2D eigenvalue weighted by molar-refractivity contribution is -0.139. The smallest absolute Gasteiger partial charge is 0.341 e. The first-order chi connectivity index (χ1) is 12.4. The SMILES string of the molecule is O=C(O)COc1cccc(CNC(=O)[C@H]2C[C@@H]2c2ccc(F)cc2F)c1. The summed E-state index contributed by atoms with van der Waals surface area (Å²) < 4.78 is 31.8. The van der Waals surface area contributed by atoms with E-state index in [4.69, 9.17) is 9.84 Å². The predicted octanol–water partition coefficient (Wildman–Crippen LogP) is 2.85. The average Bonchev–Trinajstić information content (AvgIpc) is 3.39. The summed E-state index contributed by atoms with van der Waals surface area (Å²) in [5.41, 5.74) is 1.11. The van der Waals surface area contributed by atoms with Crippen LogP contribution in [0.4, 0.5) is 8.78 Å². The summed E-state index contributed by atoms with van der Waals surface area (Å²) in [7, 11) is 0. The Hall–Kier alpha value is -2.96. The van der Waals surface area contributed by atoms with Crippen LogP contribution in [0.3, 0.4) is 0 Å². The lowest BCUT2D eigenvalue weighted by Gasteiger charge is -2.08. The molecule has 0 radical (unpaired) electrons. The molecule has 1 aliphatic rings. The molecule has 0 spiro atoms. The summed E-state index contributed by atoms with van der Waals surface area (Å²) in [5.74, 6) is -2.71. The zero-order valence-electron chi connectivity index (χ0n) is 13.7. The normalized spacial score (nSPS) is 18.2. The fraction of sp³-hybridized carbons (Fsp3) is 0.263. The van der Waals surface area contributed by atoms with Gasteiger partial charge >= 0.3 is 5.97 Å². The van der Waals surface area contributed by atoms with Crippen LogP contribution in [0.5, 0.6) is 5.75 Å². The second kappa shape index (κ2) is 7.51. The van der Waals surface area contributed by atoms with Crippen molar-refractivity contribution >= 4 is 11.9 Å². The van der Waals surface area contributed by atoms with Crippen molar-refractivity contribution in [2.24, 2.45) is 5.92 Å². The van der Waals surface area contributed by atoms with Crippen molar-refractivity contribution in [3.05, 3.63) is 65.2 Å². The van der Waals surface area contributed by atoms with E-state index in [0.717, 1.165) is 11.6 Å². The molecule has 26 heavy (non-hydrogen) atoms.